The Bertz CT molecular complexity index is 653. The Morgan fingerprint density at radius 2 is 1.94 bits per heavy atom. The molecule has 0 unspecified atom stereocenters. The van der Waals surface area contributed by atoms with Crippen molar-refractivity contribution in [3.05, 3.63) is 60.2 Å². The van der Waals surface area contributed by atoms with Gasteiger partial charge in [-0.3, -0.25) is 0 Å². The molecule has 0 saturated carbocycles. The first-order valence-electron chi connectivity index (χ1n) is 5.38. The second-order valence-corrected chi connectivity index (χ2v) is 3.66. The van der Waals surface area contributed by atoms with Crippen LogP contribution in [0, 0.1) is 6.07 Å². The molecule has 17 heavy (non-hydrogen) atoms. The lowest BCUT2D eigenvalue weighted by Crippen LogP contribution is -1.88. The molecule has 0 atom stereocenters. The minimum absolute atomic E-state index is 0.783. The van der Waals surface area contributed by atoms with Gasteiger partial charge in [0.05, 0.1) is 5.52 Å². The Morgan fingerprint density at radius 1 is 1.06 bits per heavy atom. The van der Waals surface area contributed by atoms with Crippen molar-refractivity contribution in [1.29, 1.82) is 0 Å². The lowest BCUT2D eigenvalue weighted by molar-refractivity contribution is 0.863. The van der Waals surface area contributed by atoms with Crippen molar-refractivity contribution in [2.24, 2.45) is 0 Å². The van der Waals surface area contributed by atoms with E-state index in [4.69, 9.17) is 0 Å². The first-order chi connectivity index (χ1) is 8.43. The molecule has 3 aromatic rings. The number of benzene rings is 2. The molecule has 3 nitrogen and oxygen atoms in total. The molecule has 0 amide bonds. The summed E-state index contributed by atoms with van der Waals surface area (Å²) in [7, 11) is 0. The molecule has 0 aliphatic heterocycles. The van der Waals surface area contributed by atoms with Gasteiger partial charge in [0.25, 0.3) is 0 Å². The first kappa shape index (κ1) is 9.78. The highest BCUT2D eigenvalue weighted by Crippen LogP contribution is 2.10. The van der Waals surface area contributed by atoms with Gasteiger partial charge in [0.15, 0.2) is 0 Å². The van der Waals surface area contributed by atoms with Crippen LogP contribution < -0.4 is 0 Å². The molecule has 0 N–H and O–H groups in total. The van der Waals surface area contributed by atoms with E-state index in [-0.39, 0.29) is 0 Å². The maximum atomic E-state index is 4.06. The van der Waals surface area contributed by atoms with Crippen LogP contribution in [0.2, 0.25) is 0 Å². The summed E-state index contributed by atoms with van der Waals surface area (Å²) in [5.41, 5.74) is 2.88. The van der Waals surface area contributed by atoms with Gasteiger partial charge in [-0.2, -0.15) is 0 Å². The fraction of sp³-hybridized carbons (Fsp3) is 0. The highest BCUT2D eigenvalue weighted by Gasteiger charge is 1.99. The molecule has 0 bridgehead atoms. The quantitative estimate of drug-likeness (QED) is 0.664. The minimum Gasteiger partial charge on any atom is -0.220 e. The van der Waals surface area contributed by atoms with E-state index in [9.17, 15) is 0 Å². The molecular weight excluding hydrogens is 210 g/mol. The third-order valence-corrected chi connectivity index (χ3v) is 2.51. The molecule has 81 valence electrons. The van der Waals surface area contributed by atoms with Gasteiger partial charge in [-0.1, -0.05) is 47.7 Å². The van der Waals surface area contributed by atoms with Gasteiger partial charge in [0.1, 0.15) is 5.52 Å². The van der Waals surface area contributed by atoms with Gasteiger partial charge in [0, 0.05) is 12.3 Å². The molecule has 0 aliphatic rings. The number of fused-ring (bicyclic) bond motifs is 1. The number of rotatable bonds is 2. The molecule has 0 aliphatic carbocycles. The lowest BCUT2D eigenvalue weighted by atomic mass is 10.2. The monoisotopic (exact) mass is 220 g/mol. The summed E-state index contributed by atoms with van der Waals surface area (Å²) < 4.78 is 1.75. The zero-order valence-corrected chi connectivity index (χ0v) is 9.12. The number of hydrogen-bond acceptors (Lipinski definition) is 2. The molecule has 2 aromatic carbocycles. The highest BCUT2D eigenvalue weighted by molar-refractivity contribution is 5.77. The average Bonchev–Trinajstić information content (AvgIpc) is 2.81. The van der Waals surface area contributed by atoms with Crippen LogP contribution in [0.1, 0.15) is 5.56 Å². The minimum atomic E-state index is 0.783. The third kappa shape index (κ3) is 1.95. The largest absolute Gasteiger partial charge is 0.220 e. The van der Waals surface area contributed by atoms with E-state index >= 15 is 0 Å². The van der Waals surface area contributed by atoms with E-state index in [1.165, 1.54) is 0 Å². The Hall–Kier alpha value is -2.42. The summed E-state index contributed by atoms with van der Waals surface area (Å²) in [5.74, 6) is 0. The maximum Gasteiger partial charge on any atom is 0.121 e. The zero-order valence-electron chi connectivity index (χ0n) is 9.12. The van der Waals surface area contributed by atoms with Crippen LogP contribution >= 0.6 is 0 Å². The van der Waals surface area contributed by atoms with Crippen LogP contribution in [0.4, 0.5) is 0 Å². The summed E-state index contributed by atoms with van der Waals surface area (Å²) in [6.07, 6.45) is 3.90. The van der Waals surface area contributed by atoms with Crippen LogP contribution in [0.5, 0.6) is 0 Å². The SMILES string of the molecule is [c]1cccc2c1nnn2/C=C/c1ccccc1. The smallest absolute Gasteiger partial charge is 0.121 e. The van der Waals surface area contributed by atoms with E-state index in [1.54, 1.807) is 4.68 Å². The predicted octanol–water partition coefficient (Wildman–Crippen LogP) is 2.86. The molecule has 0 spiro atoms. The van der Waals surface area contributed by atoms with Gasteiger partial charge in [-0.15, -0.1) is 5.10 Å². The van der Waals surface area contributed by atoms with Gasteiger partial charge < -0.3 is 0 Å². The van der Waals surface area contributed by atoms with Gasteiger partial charge in [-0.05, 0) is 17.7 Å². The van der Waals surface area contributed by atoms with Crippen molar-refractivity contribution < 1.29 is 0 Å². The molecular formula is C14H10N3. The van der Waals surface area contributed by atoms with Gasteiger partial charge >= 0.3 is 0 Å². The van der Waals surface area contributed by atoms with Gasteiger partial charge in [0.2, 0.25) is 0 Å². The van der Waals surface area contributed by atoms with Crippen LogP contribution in [0.25, 0.3) is 23.3 Å². The first-order valence-corrected chi connectivity index (χ1v) is 5.38. The van der Waals surface area contributed by atoms with Crippen LogP contribution in [-0.2, 0) is 0 Å². The van der Waals surface area contributed by atoms with E-state index in [1.807, 2.05) is 60.8 Å². The highest BCUT2D eigenvalue weighted by atomic mass is 15.4. The van der Waals surface area contributed by atoms with E-state index in [2.05, 4.69) is 16.4 Å². The molecule has 1 aromatic heterocycles. The number of hydrogen-bond donors (Lipinski definition) is 0. The second-order valence-electron chi connectivity index (χ2n) is 3.66. The number of nitrogens with zero attached hydrogens (tertiary/aromatic N) is 3. The van der Waals surface area contributed by atoms with Crippen molar-refractivity contribution in [2.45, 2.75) is 0 Å². The Balaban J connectivity index is 1.98. The molecule has 0 saturated heterocycles. The van der Waals surface area contributed by atoms with E-state index in [0.29, 0.717) is 0 Å². The van der Waals surface area contributed by atoms with E-state index in [0.717, 1.165) is 16.6 Å². The standard InChI is InChI=1S/C14H10N3/c1-2-6-12(7-3-1)10-11-17-14-9-5-4-8-13(14)15-16-17/h1-7,9-11H/b11-10+. The average molecular weight is 220 g/mol. The summed E-state index contributed by atoms with van der Waals surface area (Å²) >= 11 is 0. The number of aromatic nitrogens is 3. The van der Waals surface area contributed by atoms with Crippen molar-refractivity contribution in [3.8, 4) is 0 Å². The fourth-order valence-electron chi connectivity index (χ4n) is 1.66. The van der Waals surface area contributed by atoms with Crippen molar-refractivity contribution in [2.75, 3.05) is 0 Å². The molecule has 3 rings (SSSR count). The predicted molar refractivity (Wildman–Crippen MR) is 68.0 cm³/mol. The zero-order chi connectivity index (χ0) is 11.5. The van der Waals surface area contributed by atoms with Crippen LogP contribution in [0.15, 0.2) is 48.5 Å². The molecule has 1 heterocycles. The molecule has 3 heteroatoms. The Labute approximate surface area is 99.0 Å². The van der Waals surface area contributed by atoms with Crippen LogP contribution in [0.3, 0.4) is 0 Å². The normalized spacial score (nSPS) is 11.3. The summed E-state index contributed by atoms with van der Waals surface area (Å²) in [6, 6.07) is 18.9. The summed E-state index contributed by atoms with van der Waals surface area (Å²) in [4.78, 5) is 0. The lowest BCUT2D eigenvalue weighted by Gasteiger charge is -1.94. The third-order valence-electron chi connectivity index (χ3n) is 2.51. The second kappa shape index (κ2) is 4.22. The van der Waals surface area contributed by atoms with Crippen molar-refractivity contribution in [3.63, 3.8) is 0 Å². The van der Waals surface area contributed by atoms with Gasteiger partial charge in [-0.25, -0.2) is 4.68 Å². The van der Waals surface area contributed by atoms with Crippen LogP contribution in [-0.4, -0.2) is 15.0 Å². The topological polar surface area (TPSA) is 30.7 Å². The van der Waals surface area contributed by atoms with Crippen molar-refractivity contribution >= 4 is 23.3 Å². The summed E-state index contributed by atoms with van der Waals surface area (Å²) in [5, 5.41) is 8.10. The summed E-state index contributed by atoms with van der Waals surface area (Å²) in [6.45, 7) is 0. The molecule has 0 fully saturated rings. The van der Waals surface area contributed by atoms with E-state index < -0.39 is 0 Å². The maximum absolute atomic E-state index is 4.06. The molecule has 1 radical (unpaired) electrons. The fourth-order valence-corrected chi connectivity index (χ4v) is 1.66. The Morgan fingerprint density at radius 3 is 2.82 bits per heavy atom. The Kier molecular flexibility index (Phi) is 2.43. The van der Waals surface area contributed by atoms with Crippen molar-refractivity contribution in [1.82, 2.24) is 15.0 Å².